The molecular formula is C11H16N2O3S. The maximum absolute atomic E-state index is 11.6. The van der Waals surface area contributed by atoms with Gasteiger partial charge in [0.1, 0.15) is 5.60 Å². The highest BCUT2D eigenvalue weighted by atomic mass is 32.1. The molecule has 1 aromatic heterocycles. The Kier molecular flexibility index (Phi) is 4.11. The van der Waals surface area contributed by atoms with Crippen LogP contribution in [0.2, 0.25) is 0 Å². The van der Waals surface area contributed by atoms with Gasteiger partial charge in [0.05, 0.1) is 4.88 Å². The van der Waals surface area contributed by atoms with E-state index in [0.29, 0.717) is 4.88 Å². The third-order valence-corrected chi connectivity index (χ3v) is 2.76. The Labute approximate surface area is 104 Å². The van der Waals surface area contributed by atoms with E-state index in [-0.39, 0.29) is 5.91 Å². The minimum Gasteiger partial charge on any atom is -0.443 e. The van der Waals surface area contributed by atoms with Gasteiger partial charge in [-0.25, -0.2) is 10.2 Å². The Hall–Kier alpha value is -1.56. The Bertz CT molecular complexity index is 421. The Balaban J connectivity index is 2.45. The van der Waals surface area contributed by atoms with Crippen molar-refractivity contribution in [2.75, 3.05) is 0 Å². The molecule has 0 bridgehead atoms. The van der Waals surface area contributed by atoms with Gasteiger partial charge in [0.2, 0.25) is 0 Å². The van der Waals surface area contributed by atoms with Gasteiger partial charge in [-0.1, -0.05) is 0 Å². The number of nitrogens with one attached hydrogen (secondary N) is 2. The SMILES string of the molecule is Cc1ccsc1C(=O)NNC(=O)OC(C)(C)C. The summed E-state index contributed by atoms with van der Waals surface area (Å²) in [5.74, 6) is -0.344. The molecule has 2 N–H and O–H groups in total. The second kappa shape index (κ2) is 5.18. The van der Waals surface area contributed by atoms with Gasteiger partial charge in [0, 0.05) is 0 Å². The summed E-state index contributed by atoms with van der Waals surface area (Å²) >= 11 is 1.32. The number of aryl methyl sites for hydroxylation is 1. The molecule has 0 fully saturated rings. The smallest absolute Gasteiger partial charge is 0.426 e. The molecule has 94 valence electrons. The molecule has 1 aromatic rings. The number of hydrogen-bond donors (Lipinski definition) is 2. The van der Waals surface area contributed by atoms with E-state index in [9.17, 15) is 9.59 Å². The van der Waals surface area contributed by atoms with Crippen LogP contribution in [0.25, 0.3) is 0 Å². The van der Waals surface area contributed by atoms with E-state index in [1.807, 2.05) is 18.4 Å². The fraction of sp³-hybridized carbons (Fsp3) is 0.455. The highest BCUT2D eigenvalue weighted by Crippen LogP contribution is 2.14. The summed E-state index contributed by atoms with van der Waals surface area (Å²) in [4.78, 5) is 23.5. The predicted octanol–water partition coefficient (Wildman–Crippen LogP) is 2.23. The minimum absolute atomic E-state index is 0.344. The number of ether oxygens (including phenoxy) is 1. The lowest BCUT2D eigenvalue weighted by Gasteiger charge is -2.19. The van der Waals surface area contributed by atoms with Crippen LogP contribution in [0.4, 0.5) is 4.79 Å². The zero-order chi connectivity index (χ0) is 13.1. The maximum atomic E-state index is 11.6. The highest BCUT2D eigenvalue weighted by molar-refractivity contribution is 7.12. The van der Waals surface area contributed by atoms with Crippen LogP contribution in [-0.4, -0.2) is 17.6 Å². The van der Waals surface area contributed by atoms with Crippen molar-refractivity contribution in [1.82, 2.24) is 10.9 Å². The van der Waals surface area contributed by atoms with Gasteiger partial charge in [0.25, 0.3) is 5.91 Å². The molecule has 0 saturated carbocycles. The van der Waals surface area contributed by atoms with Gasteiger partial charge in [-0.2, -0.15) is 0 Å². The Morgan fingerprint density at radius 3 is 2.41 bits per heavy atom. The number of hydrazine groups is 1. The molecule has 0 aliphatic rings. The summed E-state index contributed by atoms with van der Waals surface area (Å²) in [6.07, 6.45) is -0.681. The quantitative estimate of drug-likeness (QED) is 0.757. The zero-order valence-electron chi connectivity index (χ0n) is 10.3. The van der Waals surface area contributed by atoms with Crippen molar-refractivity contribution >= 4 is 23.3 Å². The van der Waals surface area contributed by atoms with Gasteiger partial charge in [-0.15, -0.1) is 11.3 Å². The Morgan fingerprint density at radius 1 is 1.29 bits per heavy atom. The third kappa shape index (κ3) is 4.44. The van der Waals surface area contributed by atoms with E-state index >= 15 is 0 Å². The van der Waals surface area contributed by atoms with Crippen molar-refractivity contribution in [3.63, 3.8) is 0 Å². The van der Waals surface area contributed by atoms with Crippen molar-refractivity contribution in [2.45, 2.75) is 33.3 Å². The molecule has 0 aliphatic heterocycles. The molecule has 17 heavy (non-hydrogen) atoms. The number of thiophene rings is 1. The van der Waals surface area contributed by atoms with Gasteiger partial charge < -0.3 is 4.74 Å². The van der Waals surface area contributed by atoms with Gasteiger partial charge >= 0.3 is 6.09 Å². The summed E-state index contributed by atoms with van der Waals surface area (Å²) in [6, 6.07) is 1.84. The van der Waals surface area contributed by atoms with Crippen LogP contribution >= 0.6 is 11.3 Å². The number of rotatable bonds is 1. The standard InChI is InChI=1S/C11H16N2O3S/c1-7-5-6-17-8(7)9(14)12-13-10(15)16-11(2,3)4/h5-6H,1-4H3,(H,12,14)(H,13,15). The van der Waals surface area contributed by atoms with Crippen LogP contribution in [0, 0.1) is 6.92 Å². The number of carbonyl (C=O) groups excluding carboxylic acids is 2. The summed E-state index contributed by atoms with van der Waals surface area (Å²) < 4.78 is 4.97. The lowest BCUT2D eigenvalue weighted by molar-refractivity contribution is 0.0483. The topological polar surface area (TPSA) is 67.4 Å². The molecule has 1 heterocycles. The van der Waals surface area contributed by atoms with E-state index in [2.05, 4.69) is 10.9 Å². The van der Waals surface area contributed by atoms with E-state index in [0.717, 1.165) is 5.56 Å². The number of hydrogen-bond acceptors (Lipinski definition) is 4. The molecule has 5 nitrogen and oxygen atoms in total. The summed E-state index contributed by atoms with van der Waals surface area (Å²) in [5, 5.41) is 1.82. The molecule has 0 aliphatic carbocycles. The van der Waals surface area contributed by atoms with E-state index < -0.39 is 11.7 Å². The molecule has 0 atom stereocenters. The molecule has 1 rings (SSSR count). The molecule has 0 spiro atoms. The second-order valence-electron chi connectivity index (χ2n) is 4.51. The molecule has 2 amide bonds. The molecule has 0 aromatic carbocycles. The highest BCUT2D eigenvalue weighted by Gasteiger charge is 2.17. The first-order chi connectivity index (χ1) is 7.79. The van der Waals surface area contributed by atoms with Crippen LogP contribution < -0.4 is 10.9 Å². The van der Waals surface area contributed by atoms with Crippen LogP contribution in [0.5, 0.6) is 0 Å². The molecular weight excluding hydrogens is 240 g/mol. The summed E-state index contributed by atoms with van der Waals surface area (Å²) in [5.41, 5.74) is 4.78. The molecule has 0 saturated heterocycles. The van der Waals surface area contributed by atoms with Crippen molar-refractivity contribution in [1.29, 1.82) is 0 Å². The fourth-order valence-corrected chi connectivity index (χ4v) is 1.89. The average molecular weight is 256 g/mol. The van der Waals surface area contributed by atoms with Gasteiger partial charge in [0.15, 0.2) is 0 Å². The fourth-order valence-electron chi connectivity index (χ4n) is 1.07. The first-order valence-corrected chi connectivity index (χ1v) is 6.01. The van der Waals surface area contributed by atoms with Gasteiger partial charge in [-0.3, -0.25) is 10.2 Å². The van der Waals surface area contributed by atoms with Gasteiger partial charge in [-0.05, 0) is 44.7 Å². The summed E-state index contributed by atoms with van der Waals surface area (Å²) in [7, 11) is 0. The maximum Gasteiger partial charge on any atom is 0.426 e. The third-order valence-electron chi connectivity index (χ3n) is 1.75. The van der Waals surface area contributed by atoms with Crippen LogP contribution in [0.3, 0.4) is 0 Å². The molecule has 6 heteroatoms. The summed E-state index contributed by atoms with van der Waals surface area (Å²) in [6.45, 7) is 7.08. The van der Waals surface area contributed by atoms with Crippen molar-refractivity contribution in [3.8, 4) is 0 Å². The monoisotopic (exact) mass is 256 g/mol. The van der Waals surface area contributed by atoms with E-state index in [4.69, 9.17) is 4.74 Å². The molecule has 0 radical (unpaired) electrons. The number of amides is 2. The normalized spacial score (nSPS) is 10.8. The molecule has 0 unspecified atom stereocenters. The largest absolute Gasteiger partial charge is 0.443 e. The lowest BCUT2D eigenvalue weighted by Crippen LogP contribution is -2.44. The number of carbonyl (C=O) groups is 2. The van der Waals surface area contributed by atoms with Crippen molar-refractivity contribution < 1.29 is 14.3 Å². The van der Waals surface area contributed by atoms with Crippen molar-refractivity contribution in [2.24, 2.45) is 0 Å². The van der Waals surface area contributed by atoms with Crippen LogP contribution in [0.1, 0.15) is 36.0 Å². The first kappa shape index (κ1) is 13.5. The second-order valence-corrected chi connectivity index (χ2v) is 5.43. The van der Waals surface area contributed by atoms with Crippen molar-refractivity contribution in [3.05, 3.63) is 21.9 Å². The van der Waals surface area contributed by atoms with E-state index in [1.54, 1.807) is 20.8 Å². The van der Waals surface area contributed by atoms with Crippen LogP contribution in [0.15, 0.2) is 11.4 Å². The van der Waals surface area contributed by atoms with E-state index in [1.165, 1.54) is 11.3 Å². The Morgan fingerprint density at radius 2 is 1.94 bits per heavy atom. The first-order valence-electron chi connectivity index (χ1n) is 5.13. The van der Waals surface area contributed by atoms with Crippen LogP contribution in [-0.2, 0) is 4.74 Å². The average Bonchev–Trinajstić information content (AvgIpc) is 2.58. The zero-order valence-corrected chi connectivity index (χ0v) is 11.1. The minimum atomic E-state index is -0.681. The lowest BCUT2D eigenvalue weighted by atomic mass is 10.2. The predicted molar refractivity (Wildman–Crippen MR) is 65.9 cm³/mol.